The number of hydrogen-bond acceptors (Lipinski definition) is 2. The second-order valence-corrected chi connectivity index (χ2v) is 7.05. The number of aromatic nitrogens is 2. The van der Waals surface area contributed by atoms with E-state index in [1.165, 1.54) is 0 Å². The van der Waals surface area contributed by atoms with Crippen LogP contribution in [0.2, 0.25) is 0 Å². The second kappa shape index (κ2) is 6.40. The van der Waals surface area contributed by atoms with Gasteiger partial charge >= 0.3 is 0 Å². The molecule has 2 aromatic carbocycles. The van der Waals surface area contributed by atoms with Gasteiger partial charge in [-0.15, -0.1) is 0 Å². The summed E-state index contributed by atoms with van der Waals surface area (Å²) in [5, 5.41) is 0. The average Bonchev–Trinajstić information content (AvgIpc) is 3.23. The summed E-state index contributed by atoms with van der Waals surface area (Å²) in [6.45, 7) is 1.56. The first kappa shape index (κ1) is 15.4. The number of carbonyl (C=O) groups is 1. The Balaban J connectivity index is 1.48. The highest BCUT2D eigenvalue weighted by molar-refractivity contribution is 9.10. The molecule has 5 heteroatoms. The fourth-order valence-electron chi connectivity index (χ4n) is 3.38. The number of imidazole rings is 1. The van der Waals surface area contributed by atoms with E-state index in [-0.39, 0.29) is 5.91 Å². The maximum atomic E-state index is 12.6. The lowest BCUT2D eigenvalue weighted by Crippen LogP contribution is -2.30. The normalized spacial score (nSPS) is 17.5. The van der Waals surface area contributed by atoms with E-state index < -0.39 is 0 Å². The molecule has 0 saturated carbocycles. The van der Waals surface area contributed by atoms with Gasteiger partial charge in [-0.05, 0) is 30.2 Å². The minimum Gasteiger partial charge on any atom is -0.340 e. The Bertz CT molecular complexity index is 889. The second-order valence-electron chi connectivity index (χ2n) is 6.19. The van der Waals surface area contributed by atoms with Crippen molar-refractivity contribution in [1.29, 1.82) is 0 Å². The van der Waals surface area contributed by atoms with Gasteiger partial charge in [0.25, 0.3) is 0 Å². The van der Waals surface area contributed by atoms with Gasteiger partial charge in [0.05, 0.1) is 29.8 Å². The van der Waals surface area contributed by atoms with Gasteiger partial charge in [0.2, 0.25) is 5.91 Å². The zero-order chi connectivity index (χ0) is 16.5. The summed E-state index contributed by atoms with van der Waals surface area (Å²) in [6, 6.07) is 16.4. The molecular weight excluding hydrogens is 366 g/mol. The molecule has 3 aromatic rings. The van der Waals surface area contributed by atoms with Crippen LogP contribution in [0.3, 0.4) is 0 Å². The van der Waals surface area contributed by atoms with Crippen molar-refractivity contribution in [2.75, 3.05) is 13.1 Å². The molecule has 1 aromatic heterocycles. The lowest BCUT2D eigenvalue weighted by molar-refractivity contribution is -0.129. The predicted molar refractivity (Wildman–Crippen MR) is 97.8 cm³/mol. The highest BCUT2D eigenvalue weighted by atomic mass is 79.9. The van der Waals surface area contributed by atoms with Crippen LogP contribution in [0.15, 0.2) is 59.3 Å². The molecular formula is C19H18BrN3O. The largest absolute Gasteiger partial charge is 0.340 e. The van der Waals surface area contributed by atoms with E-state index in [0.29, 0.717) is 12.5 Å². The van der Waals surface area contributed by atoms with Crippen LogP contribution >= 0.6 is 15.9 Å². The summed E-state index contributed by atoms with van der Waals surface area (Å²) in [4.78, 5) is 19.1. The summed E-state index contributed by atoms with van der Waals surface area (Å²) >= 11 is 3.52. The molecule has 0 unspecified atom stereocenters. The van der Waals surface area contributed by atoms with Crippen LogP contribution in [0, 0.1) is 0 Å². The van der Waals surface area contributed by atoms with Crippen LogP contribution in [0.5, 0.6) is 0 Å². The molecule has 1 amide bonds. The number of fused-ring (bicyclic) bond motifs is 1. The number of rotatable bonds is 3. The van der Waals surface area contributed by atoms with E-state index in [1.54, 1.807) is 0 Å². The van der Waals surface area contributed by atoms with Crippen LogP contribution in [-0.4, -0.2) is 33.4 Å². The van der Waals surface area contributed by atoms with Gasteiger partial charge in [-0.2, -0.15) is 0 Å². The monoisotopic (exact) mass is 383 g/mol. The topological polar surface area (TPSA) is 38.1 Å². The first-order valence-electron chi connectivity index (χ1n) is 8.15. The molecule has 1 atom stereocenters. The summed E-state index contributed by atoms with van der Waals surface area (Å²) in [7, 11) is 0. The maximum Gasteiger partial charge on any atom is 0.227 e. The van der Waals surface area contributed by atoms with Crippen molar-refractivity contribution in [3.8, 4) is 0 Å². The molecule has 1 fully saturated rings. The number of nitrogens with zero attached hydrogens (tertiary/aromatic N) is 3. The molecule has 0 N–H and O–H groups in total. The summed E-state index contributed by atoms with van der Waals surface area (Å²) in [5.74, 6) is 0.189. The number of carbonyl (C=O) groups excluding carboxylic acids is 1. The number of para-hydroxylation sites is 2. The Morgan fingerprint density at radius 1 is 1.17 bits per heavy atom. The van der Waals surface area contributed by atoms with Crippen LogP contribution in [0.1, 0.15) is 18.0 Å². The van der Waals surface area contributed by atoms with Gasteiger partial charge in [0.1, 0.15) is 0 Å². The highest BCUT2D eigenvalue weighted by Crippen LogP contribution is 2.26. The van der Waals surface area contributed by atoms with Crippen LogP contribution in [-0.2, 0) is 11.2 Å². The van der Waals surface area contributed by atoms with Crippen LogP contribution in [0.25, 0.3) is 11.0 Å². The zero-order valence-corrected chi connectivity index (χ0v) is 14.8. The molecule has 2 heterocycles. The lowest BCUT2D eigenvalue weighted by Gasteiger charge is -2.18. The molecule has 24 heavy (non-hydrogen) atoms. The average molecular weight is 384 g/mol. The van der Waals surface area contributed by atoms with E-state index in [4.69, 9.17) is 0 Å². The highest BCUT2D eigenvalue weighted by Gasteiger charge is 2.28. The third kappa shape index (κ3) is 2.84. The number of halogens is 1. The Kier molecular flexibility index (Phi) is 4.10. The minimum atomic E-state index is 0.189. The molecule has 1 aliphatic heterocycles. The Morgan fingerprint density at radius 3 is 2.83 bits per heavy atom. The fraction of sp³-hybridized carbons (Fsp3) is 0.263. The molecule has 4 nitrogen and oxygen atoms in total. The SMILES string of the molecule is O=C(Cc1ccccc1Br)N1CC[C@H](n2cnc3ccccc32)C1. The van der Waals surface area contributed by atoms with Gasteiger partial charge in [-0.25, -0.2) is 4.98 Å². The van der Waals surface area contributed by atoms with Gasteiger partial charge in [0.15, 0.2) is 0 Å². The molecule has 0 aliphatic carbocycles. The Hall–Kier alpha value is -2.14. The van der Waals surface area contributed by atoms with E-state index >= 15 is 0 Å². The van der Waals surface area contributed by atoms with Crippen molar-refractivity contribution in [2.24, 2.45) is 0 Å². The molecule has 1 saturated heterocycles. The van der Waals surface area contributed by atoms with E-state index in [2.05, 4.69) is 31.5 Å². The smallest absolute Gasteiger partial charge is 0.227 e. The molecule has 122 valence electrons. The number of hydrogen-bond donors (Lipinski definition) is 0. The number of likely N-dealkylation sites (tertiary alicyclic amines) is 1. The summed E-state index contributed by atoms with van der Waals surface area (Å²) in [5.41, 5.74) is 3.19. The van der Waals surface area contributed by atoms with Crippen molar-refractivity contribution in [3.63, 3.8) is 0 Å². The molecule has 4 rings (SSSR count). The van der Waals surface area contributed by atoms with Gasteiger partial charge in [-0.3, -0.25) is 4.79 Å². The van der Waals surface area contributed by atoms with Crippen LogP contribution in [0.4, 0.5) is 0 Å². The fourth-order valence-corrected chi connectivity index (χ4v) is 3.81. The molecule has 0 bridgehead atoms. The molecule has 1 aliphatic rings. The third-order valence-corrected chi connectivity index (χ3v) is 5.46. The quantitative estimate of drug-likeness (QED) is 0.689. The number of amides is 1. The maximum absolute atomic E-state index is 12.6. The van der Waals surface area contributed by atoms with Crippen molar-refractivity contribution in [1.82, 2.24) is 14.5 Å². The van der Waals surface area contributed by atoms with E-state index in [1.807, 2.05) is 53.7 Å². The van der Waals surface area contributed by atoms with Crippen molar-refractivity contribution < 1.29 is 4.79 Å². The van der Waals surface area contributed by atoms with Crippen molar-refractivity contribution in [2.45, 2.75) is 18.9 Å². The first-order chi connectivity index (χ1) is 11.7. The lowest BCUT2D eigenvalue weighted by atomic mass is 10.1. The van der Waals surface area contributed by atoms with Crippen molar-refractivity contribution in [3.05, 3.63) is 64.9 Å². The summed E-state index contributed by atoms with van der Waals surface area (Å²) in [6.07, 6.45) is 3.32. The predicted octanol–water partition coefficient (Wildman–Crippen LogP) is 3.81. The third-order valence-electron chi connectivity index (χ3n) is 4.69. The van der Waals surface area contributed by atoms with Crippen molar-refractivity contribution >= 4 is 32.9 Å². The van der Waals surface area contributed by atoms with E-state index in [0.717, 1.165) is 40.6 Å². The standard InChI is InChI=1S/C19H18BrN3O/c20-16-6-2-1-5-14(16)11-19(24)22-10-9-15(12-22)23-13-21-17-7-3-4-8-18(17)23/h1-8,13,15H,9-12H2/t15-/m0/s1. The minimum absolute atomic E-state index is 0.189. The van der Waals surface area contributed by atoms with Gasteiger partial charge < -0.3 is 9.47 Å². The molecule has 0 radical (unpaired) electrons. The molecule has 0 spiro atoms. The van der Waals surface area contributed by atoms with Crippen LogP contribution < -0.4 is 0 Å². The van der Waals surface area contributed by atoms with Gasteiger partial charge in [0, 0.05) is 17.6 Å². The summed E-state index contributed by atoms with van der Waals surface area (Å²) < 4.78 is 3.20. The van der Waals surface area contributed by atoms with E-state index in [9.17, 15) is 4.79 Å². The Morgan fingerprint density at radius 2 is 1.96 bits per heavy atom. The number of benzene rings is 2. The Labute approximate surface area is 149 Å². The first-order valence-corrected chi connectivity index (χ1v) is 8.94. The van der Waals surface area contributed by atoms with Gasteiger partial charge in [-0.1, -0.05) is 46.3 Å². The zero-order valence-electron chi connectivity index (χ0n) is 13.2.